The van der Waals surface area contributed by atoms with Gasteiger partial charge in [0.25, 0.3) is 5.91 Å². The Morgan fingerprint density at radius 3 is 2.43 bits per heavy atom. The Kier molecular flexibility index (Phi) is 7.45. The minimum absolute atomic E-state index is 0.356. The SMILES string of the molecule is COc1cc(/C=N\NC(=O)c2ccccc2OC)ccc1OCc1ccc(Br)cc1. The average molecular weight is 469 g/mol. The van der Waals surface area contributed by atoms with Crippen LogP contribution in [0.5, 0.6) is 17.2 Å². The van der Waals surface area contributed by atoms with Gasteiger partial charge in [0.05, 0.1) is 26.0 Å². The van der Waals surface area contributed by atoms with Gasteiger partial charge in [-0.1, -0.05) is 40.2 Å². The van der Waals surface area contributed by atoms with Crippen LogP contribution in [0.4, 0.5) is 0 Å². The van der Waals surface area contributed by atoms with Crippen LogP contribution in [0.3, 0.4) is 0 Å². The number of methoxy groups -OCH3 is 2. The number of hydrogen-bond donors (Lipinski definition) is 1. The van der Waals surface area contributed by atoms with Gasteiger partial charge in [-0.2, -0.15) is 5.10 Å². The molecule has 0 bridgehead atoms. The molecule has 0 saturated carbocycles. The zero-order chi connectivity index (χ0) is 21.3. The minimum Gasteiger partial charge on any atom is -0.496 e. The van der Waals surface area contributed by atoms with Gasteiger partial charge in [0.2, 0.25) is 0 Å². The third-order valence-electron chi connectivity index (χ3n) is 4.23. The Balaban J connectivity index is 1.63. The predicted octanol–water partition coefficient (Wildman–Crippen LogP) is 4.81. The van der Waals surface area contributed by atoms with Crippen molar-refractivity contribution in [2.45, 2.75) is 6.61 Å². The van der Waals surface area contributed by atoms with E-state index < -0.39 is 0 Å². The molecule has 3 aromatic rings. The average Bonchev–Trinajstić information content (AvgIpc) is 2.79. The molecule has 0 fully saturated rings. The standard InChI is InChI=1S/C23H21BrN2O4/c1-28-20-6-4-3-5-19(20)23(27)26-25-14-17-9-12-21(22(13-17)29-2)30-15-16-7-10-18(24)11-8-16/h3-14H,15H2,1-2H3,(H,26,27)/b25-14-. The largest absolute Gasteiger partial charge is 0.496 e. The van der Waals surface area contributed by atoms with Crippen LogP contribution in [-0.2, 0) is 6.61 Å². The lowest BCUT2D eigenvalue weighted by Crippen LogP contribution is -2.18. The number of benzene rings is 3. The molecule has 1 N–H and O–H groups in total. The van der Waals surface area contributed by atoms with Crippen LogP contribution in [0.2, 0.25) is 0 Å². The summed E-state index contributed by atoms with van der Waals surface area (Å²) in [6.45, 7) is 0.423. The maximum absolute atomic E-state index is 12.3. The van der Waals surface area contributed by atoms with Crippen LogP contribution in [0.25, 0.3) is 0 Å². The van der Waals surface area contributed by atoms with Crippen molar-refractivity contribution in [1.29, 1.82) is 0 Å². The zero-order valence-electron chi connectivity index (χ0n) is 16.6. The summed E-state index contributed by atoms with van der Waals surface area (Å²) >= 11 is 3.42. The molecule has 0 unspecified atom stereocenters. The van der Waals surface area contributed by atoms with Gasteiger partial charge in [0, 0.05) is 4.47 Å². The molecule has 0 heterocycles. The van der Waals surface area contributed by atoms with E-state index in [0.717, 1.165) is 15.6 Å². The second-order valence-corrected chi connectivity index (χ2v) is 7.14. The molecule has 3 aromatic carbocycles. The third-order valence-corrected chi connectivity index (χ3v) is 4.76. The number of amides is 1. The van der Waals surface area contributed by atoms with E-state index in [-0.39, 0.29) is 5.91 Å². The summed E-state index contributed by atoms with van der Waals surface area (Å²) in [6, 6.07) is 20.3. The van der Waals surface area contributed by atoms with Crippen molar-refractivity contribution in [3.63, 3.8) is 0 Å². The van der Waals surface area contributed by atoms with Crippen LogP contribution in [0.15, 0.2) is 76.3 Å². The number of rotatable bonds is 8. The third kappa shape index (κ3) is 5.61. The van der Waals surface area contributed by atoms with Gasteiger partial charge in [-0.25, -0.2) is 5.43 Å². The first kappa shape index (κ1) is 21.4. The number of nitrogens with zero attached hydrogens (tertiary/aromatic N) is 1. The van der Waals surface area contributed by atoms with E-state index in [1.807, 2.05) is 30.3 Å². The van der Waals surface area contributed by atoms with E-state index >= 15 is 0 Å². The highest BCUT2D eigenvalue weighted by molar-refractivity contribution is 9.10. The number of carbonyl (C=O) groups is 1. The van der Waals surface area contributed by atoms with Gasteiger partial charge in [-0.3, -0.25) is 4.79 Å². The Labute approximate surface area is 183 Å². The van der Waals surface area contributed by atoms with E-state index in [1.54, 1.807) is 43.5 Å². The smallest absolute Gasteiger partial charge is 0.275 e. The van der Waals surface area contributed by atoms with E-state index in [4.69, 9.17) is 14.2 Å². The molecule has 0 radical (unpaired) electrons. The minimum atomic E-state index is -0.356. The van der Waals surface area contributed by atoms with Crippen molar-refractivity contribution in [2.24, 2.45) is 5.10 Å². The number of carbonyl (C=O) groups excluding carboxylic acids is 1. The highest BCUT2D eigenvalue weighted by Crippen LogP contribution is 2.28. The summed E-state index contributed by atoms with van der Waals surface area (Å²) in [5.41, 5.74) is 4.71. The van der Waals surface area contributed by atoms with Crippen LogP contribution >= 0.6 is 15.9 Å². The molecule has 6 nitrogen and oxygen atoms in total. The summed E-state index contributed by atoms with van der Waals surface area (Å²) in [5.74, 6) is 1.33. The molecule has 0 aliphatic rings. The molecule has 0 atom stereocenters. The number of hydrogen-bond acceptors (Lipinski definition) is 5. The van der Waals surface area contributed by atoms with Crippen LogP contribution in [0.1, 0.15) is 21.5 Å². The van der Waals surface area contributed by atoms with Gasteiger partial charge in [0.15, 0.2) is 11.5 Å². The van der Waals surface area contributed by atoms with E-state index in [0.29, 0.717) is 29.4 Å². The van der Waals surface area contributed by atoms with Crippen LogP contribution in [-0.4, -0.2) is 26.3 Å². The summed E-state index contributed by atoms with van der Waals surface area (Å²) in [5, 5.41) is 4.02. The van der Waals surface area contributed by atoms with Gasteiger partial charge < -0.3 is 14.2 Å². The molecule has 7 heteroatoms. The lowest BCUT2D eigenvalue weighted by molar-refractivity contribution is 0.0952. The molecule has 0 aliphatic heterocycles. The van der Waals surface area contributed by atoms with E-state index in [9.17, 15) is 4.79 Å². The fourth-order valence-corrected chi connectivity index (χ4v) is 2.95. The molecule has 3 rings (SSSR count). The Hall–Kier alpha value is -3.32. The van der Waals surface area contributed by atoms with Crippen molar-refractivity contribution in [2.75, 3.05) is 14.2 Å². The fourth-order valence-electron chi connectivity index (χ4n) is 2.68. The van der Waals surface area contributed by atoms with Crippen molar-refractivity contribution >= 4 is 28.1 Å². The lowest BCUT2D eigenvalue weighted by Gasteiger charge is -2.11. The maximum Gasteiger partial charge on any atom is 0.275 e. The Bertz CT molecular complexity index is 1040. The van der Waals surface area contributed by atoms with E-state index in [2.05, 4.69) is 26.5 Å². The maximum atomic E-state index is 12.3. The fraction of sp³-hybridized carbons (Fsp3) is 0.130. The van der Waals surface area contributed by atoms with Gasteiger partial charge in [-0.15, -0.1) is 0 Å². The summed E-state index contributed by atoms with van der Waals surface area (Å²) in [4.78, 5) is 12.3. The first-order valence-electron chi connectivity index (χ1n) is 9.12. The Morgan fingerprint density at radius 2 is 1.70 bits per heavy atom. The van der Waals surface area contributed by atoms with Gasteiger partial charge in [-0.05, 0) is 53.6 Å². The normalized spacial score (nSPS) is 10.6. The lowest BCUT2D eigenvalue weighted by atomic mass is 10.2. The monoisotopic (exact) mass is 468 g/mol. The first-order valence-corrected chi connectivity index (χ1v) is 9.91. The molecule has 0 saturated heterocycles. The number of para-hydroxylation sites is 1. The predicted molar refractivity (Wildman–Crippen MR) is 120 cm³/mol. The highest BCUT2D eigenvalue weighted by Gasteiger charge is 2.10. The first-order chi connectivity index (χ1) is 14.6. The van der Waals surface area contributed by atoms with Gasteiger partial charge >= 0.3 is 0 Å². The highest BCUT2D eigenvalue weighted by atomic mass is 79.9. The second-order valence-electron chi connectivity index (χ2n) is 6.22. The number of halogens is 1. The molecule has 154 valence electrons. The van der Waals surface area contributed by atoms with Crippen molar-refractivity contribution in [3.05, 3.63) is 87.9 Å². The summed E-state index contributed by atoms with van der Waals surface area (Å²) in [6.07, 6.45) is 1.54. The van der Waals surface area contributed by atoms with Gasteiger partial charge in [0.1, 0.15) is 12.4 Å². The van der Waals surface area contributed by atoms with Crippen molar-refractivity contribution in [1.82, 2.24) is 5.43 Å². The Morgan fingerprint density at radius 1 is 0.967 bits per heavy atom. The number of hydrazone groups is 1. The summed E-state index contributed by atoms with van der Waals surface area (Å²) < 4.78 is 17.5. The number of ether oxygens (including phenoxy) is 3. The van der Waals surface area contributed by atoms with Crippen molar-refractivity contribution < 1.29 is 19.0 Å². The second kappa shape index (κ2) is 10.5. The number of nitrogens with one attached hydrogen (secondary N) is 1. The molecule has 0 spiro atoms. The summed E-state index contributed by atoms with van der Waals surface area (Å²) in [7, 11) is 3.09. The molecule has 0 aromatic heterocycles. The molecular weight excluding hydrogens is 448 g/mol. The van der Waals surface area contributed by atoms with Crippen molar-refractivity contribution in [3.8, 4) is 17.2 Å². The van der Waals surface area contributed by atoms with Crippen LogP contribution < -0.4 is 19.6 Å². The zero-order valence-corrected chi connectivity index (χ0v) is 18.2. The molecule has 1 amide bonds. The molecular formula is C23H21BrN2O4. The molecule has 0 aliphatic carbocycles. The van der Waals surface area contributed by atoms with E-state index in [1.165, 1.54) is 13.3 Å². The topological polar surface area (TPSA) is 69.2 Å². The molecule has 30 heavy (non-hydrogen) atoms. The quantitative estimate of drug-likeness (QED) is 0.380. The van der Waals surface area contributed by atoms with Crippen LogP contribution in [0, 0.1) is 0 Å².